The standard InChI is InChI=1S/C13H12ClNO4S.ClH/c14-13(16)19-7-8-20(17,18)12-6-5-11(15)9-3-1-2-4-10(9)12;/h1-6H,7-8,15H2;1H. The Balaban J connectivity index is 0.00000220. The molecule has 8 heteroatoms. The Morgan fingerprint density at radius 2 is 1.76 bits per heavy atom. The first-order valence-corrected chi connectivity index (χ1v) is 7.77. The molecule has 0 aliphatic carbocycles. The second-order valence-corrected chi connectivity index (χ2v) is 6.49. The van der Waals surface area contributed by atoms with E-state index in [4.69, 9.17) is 17.3 Å². The zero-order valence-electron chi connectivity index (χ0n) is 10.8. The summed E-state index contributed by atoms with van der Waals surface area (Å²) < 4.78 is 29.0. The summed E-state index contributed by atoms with van der Waals surface area (Å²) in [6, 6.07) is 9.96. The first kappa shape index (κ1) is 17.6. The van der Waals surface area contributed by atoms with Crippen molar-refractivity contribution >= 4 is 55.7 Å². The molecule has 0 saturated heterocycles. The predicted octanol–water partition coefficient (Wildman–Crippen LogP) is 2.99. The largest absolute Gasteiger partial charge is 0.453 e. The highest BCUT2D eigenvalue weighted by molar-refractivity contribution is 7.91. The molecule has 0 amide bonds. The monoisotopic (exact) mass is 349 g/mol. The van der Waals surface area contributed by atoms with Crippen LogP contribution < -0.4 is 5.73 Å². The van der Waals surface area contributed by atoms with Crippen molar-refractivity contribution in [2.45, 2.75) is 4.90 Å². The van der Waals surface area contributed by atoms with Crippen molar-refractivity contribution < 1.29 is 17.9 Å². The van der Waals surface area contributed by atoms with Crippen molar-refractivity contribution in [3.05, 3.63) is 36.4 Å². The second kappa shape index (κ2) is 6.98. The predicted molar refractivity (Wildman–Crippen MR) is 84.9 cm³/mol. The maximum absolute atomic E-state index is 12.3. The second-order valence-electron chi connectivity index (χ2n) is 4.10. The lowest BCUT2D eigenvalue weighted by Crippen LogP contribution is -2.13. The molecule has 0 aromatic heterocycles. The summed E-state index contributed by atoms with van der Waals surface area (Å²) in [6.45, 7) is -0.288. The maximum atomic E-state index is 12.3. The minimum atomic E-state index is -3.59. The van der Waals surface area contributed by atoms with Crippen LogP contribution in [0.25, 0.3) is 10.8 Å². The first-order valence-electron chi connectivity index (χ1n) is 5.74. The summed E-state index contributed by atoms with van der Waals surface area (Å²) in [4.78, 5) is 10.6. The summed E-state index contributed by atoms with van der Waals surface area (Å²) in [5, 5.41) is 1.22. The summed E-state index contributed by atoms with van der Waals surface area (Å²) in [6.07, 6.45) is 0. The van der Waals surface area contributed by atoms with E-state index in [-0.39, 0.29) is 29.7 Å². The Hall–Kier alpha value is -1.50. The number of carbonyl (C=O) groups is 1. The normalized spacial score (nSPS) is 10.9. The molecule has 0 unspecified atom stereocenters. The number of anilines is 1. The van der Waals surface area contributed by atoms with E-state index in [1.165, 1.54) is 6.07 Å². The minimum Gasteiger partial charge on any atom is -0.453 e. The van der Waals surface area contributed by atoms with E-state index in [0.29, 0.717) is 16.5 Å². The Labute approximate surface area is 133 Å². The van der Waals surface area contributed by atoms with Crippen LogP contribution in [0.3, 0.4) is 0 Å². The topological polar surface area (TPSA) is 86.5 Å². The van der Waals surface area contributed by atoms with Crippen molar-refractivity contribution in [3.63, 3.8) is 0 Å². The maximum Gasteiger partial charge on any atom is 0.403 e. The highest BCUT2D eigenvalue weighted by Crippen LogP contribution is 2.28. The van der Waals surface area contributed by atoms with Gasteiger partial charge in [0.05, 0.1) is 10.6 Å². The summed E-state index contributed by atoms with van der Waals surface area (Å²) in [5.74, 6) is -0.334. The molecule has 0 aliphatic heterocycles. The molecule has 2 aromatic rings. The molecule has 0 fully saturated rings. The molecule has 2 N–H and O–H groups in total. The highest BCUT2D eigenvalue weighted by Gasteiger charge is 2.18. The Morgan fingerprint density at radius 3 is 2.38 bits per heavy atom. The molecule has 0 saturated carbocycles. The lowest BCUT2D eigenvalue weighted by atomic mass is 10.1. The fourth-order valence-corrected chi connectivity index (χ4v) is 3.30. The molecular weight excluding hydrogens is 337 g/mol. The molecule has 5 nitrogen and oxygen atoms in total. The molecule has 0 atom stereocenters. The number of halogens is 2. The lowest BCUT2D eigenvalue weighted by molar-refractivity contribution is 0.180. The Morgan fingerprint density at radius 1 is 1.14 bits per heavy atom. The molecule has 0 spiro atoms. The van der Waals surface area contributed by atoms with E-state index in [1.54, 1.807) is 30.3 Å². The van der Waals surface area contributed by atoms with E-state index in [2.05, 4.69) is 4.74 Å². The number of fused-ring (bicyclic) bond motifs is 1. The Bertz CT molecular complexity index is 762. The molecule has 0 radical (unpaired) electrons. The van der Waals surface area contributed by atoms with Crippen molar-refractivity contribution in [1.82, 2.24) is 0 Å². The molecule has 114 valence electrons. The van der Waals surface area contributed by atoms with Gasteiger partial charge in [0.2, 0.25) is 0 Å². The fourth-order valence-electron chi connectivity index (χ4n) is 1.91. The van der Waals surface area contributed by atoms with Crippen LogP contribution in [0.5, 0.6) is 0 Å². The molecule has 21 heavy (non-hydrogen) atoms. The van der Waals surface area contributed by atoms with Gasteiger partial charge in [-0.05, 0) is 12.1 Å². The average molecular weight is 350 g/mol. The van der Waals surface area contributed by atoms with Crippen LogP contribution in [-0.2, 0) is 14.6 Å². The van der Waals surface area contributed by atoms with Gasteiger partial charge in [-0.25, -0.2) is 13.2 Å². The van der Waals surface area contributed by atoms with Crippen LogP contribution in [0.15, 0.2) is 41.3 Å². The number of hydrogen-bond donors (Lipinski definition) is 1. The third kappa shape index (κ3) is 4.00. The van der Waals surface area contributed by atoms with Crippen LogP contribution in [0, 0.1) is 0 Å². The van der Waals surface area contributed by atoms with E-state index in [1.807, 2.05) is 0 Å². The van der Waals surface area contributed by atoms with Crippen molar-refractivity contribution in [1.29, 1.82) is 0 Å². The molecule has 0 heterocycles. The quantitative estimate of drug-likeness (QED) is 0.677. The van der Waals surface area contributed by atoms with Crippen LogP contribution in [0.2, 0.25) is 0 Å². The molecular formula is C13H13Cl2NO4S. The van der Waals surface area contributed by atoms with E-state index in [0.717, 1.165) is 0 Å². The van der Waals surface area contributed by atoms with Gasteiger partial charge in [-0.15, -0.1) is 12.4 Å². The van der Waals surface area contributed by atoms with E-state index >= 15 is 0 Å². The van der Waals surface area contributed by atoms with E-state index in [9.17, 15) is 13.2 Å². The summed E-state index contributed by atoms with van der Waals surface area (Å²) >= 11 is 5.00. The van der Waals surface area contributed by atoms with Gasteiger partial charge < -0.3 is 10.5 Å². The van der Waals surface area contributed by atoms with Crippen LogP contribution in [0.4, 0.5) is 10.5 Å². The Kier molecular flexibility index (Phi) is 5.83. The summed E-state index contributed by atoms with van der Waals surface area (Å²) in [7, 11) is -3.59. The number of hydrogen-bond acceptors (Lipinski definition) is 5. The number of sulfone groups is 1. The van der Waals surface area contributed by atoms with Gasteiger partial charge in [-0.3, -0.25) is 0 Å². The van der Waals surface area contributed by atoms with Crippen molar-refractivity contribution in [3.8, 4) is 0 Å². The first-order chi connectivity index (χ1) is 9.42. The highest BCUT2D eigenvalue weighted by atomic mass is 35.5. The van der Waals surface area contributed by atoms with Gasteiger partial charge in [-0.1, -0.05) is 24.3 Å². The van der Waals surface area contributed by atoms with Gasteiger partial charge in [-0.2, -0.15) is 0 Å². The van der Waals surface area contributed by atoms with Gasteiger partial charge >= 0.3 is 5.43 Å². The molecule has 0 aliphatic rings. The SMILES string of the molecule is Cl.Nc1ccc(S(=O)(=O)CCOC(=O)Cl)c2ccccc12. The number of benzene rings is 2. The van der Waals surface area contributed by atoms with Gasteiger partial charge in [0.1, 0.15) is 6.61 Å². The number of nitrogen functional groups attached to an aromatic ring is 1. The summed E-state index contributed by atoms with van der Waals surface area (Å²) in [5.41, 5.74) is 5.31. The third-order valence-electron chi connectivity index (χ3n) is 2.82. The van der Waals surface area contributed by atoms with Crippen LogP contribution in [0.1, 0.15) is 0 Å². The number of ether oxygens (including phenoxy) is 1. The van der Waals surface area contributed by atoms with Crippen molar-refractivity contribution in [2.75, 3.05) is 18.1 Å². The number of rotatable bonds is 4. The zero-order valence-corrected chi connectivity index (χ0v) is 13.2. The minimum absolute atomic E-state index is 0. The van der Waals surface area contributed by atoms with Crippen molar-refractivity contribution in [2.24, 2.45) is 0 Å². The van der Waals surface area contributed by atoms with E-state index < -0.39 is 15.3 Å². The van der Waals surface area contributed by atoms with Gasteiger partial charge in [0.15, 0.2) is 9.84 Å². The van der Waals surface area contributed by atoms with Gasteiger partial charge in [0.25, 0.3) is 0 Å². The van der Waals surface area contributed by atoms with Crippen LogP contribution >= 0.6 is 24.0 Å². The van der Waals surface area contributed by atoms with Crippen LogP contribution in [-0.4, -0.2) is 26.2 Å². The molecule has 0 bridgehead atoms. The third-order valence-corrected chi connectivity index (χ3v) is 4.66. The lowest BCUT2D eigenvalue weighted by Gasteiger charge is -2.09. The fraction of sp³-hybridized carbons (Fsp3) is 0.154. The number of carbonyl (C=O) groups excluding carboxylic acids is 1. The van der Waals surface area contributed by atoms with Gasteiger partial charge in [0, 0.05) is 28.1 Å². The molecule has 2 rings (SSSR count). The molecule has 2 aromatic carbocycles. The number of nitrogens with two attached hydrogens (primary N) is 1. The zero-order chi connectivity index (χ0) is 14.8. The smallest absolute Gasteiger partial charge is 0.403 e. The average Bonchev–Trinajstić information content (AvgIpc) is 2.38.